The molecule has 1 fully saturated rings. The molecule has 0 unspecified atom stereocenters. The average molecular weight is 317 g/mol. The van der Waals surface area contributed by atoms with Crippen LogP contribution in [0.25, 0.3) is 0 Å². The van der Waals surface area contributed by atoms with Gasteiger partial charge >= 0.3 is 0 Å². The van der Waals surface area contributed by atoms with Gasteiger partial charge in [-0.05, 0) is 32.0 Å². The summed E-state index contributed by atoms with van der Waals surface area (Å²) in [5.74, 6) is 1.14. The van der Waals surface area contributed by atoms with Crippen molar-refractivity contribution in [3.05, 3.63) is 35.0 Å². The van der Waals surface area contributed by atoms with Gasteiger partial charge in [-0.2, -0.15) is 15.4 Å². The van der Waals surface area contributed by atoms with Gasteiger partial charge in [0.1, 0.15) is 5.76 Å². The van der Waals surface area contributed by atoms with E-state index < -0.39 is 0 Å². The first-order valence-electron chi connectivity index (χ1n) is 8.23. The van der Waals surface area contributed by atoms with Gasteiger partial charge in [0.2, 0.25) is 0 Å². The molecule has 3 heterocycles. The Morgan fingerprint density at radius 1 is 1.43 bits per heavy atom. The van der Waals surface area contributed by atoms with E-state index in [2.05, 4.69) is 32.6 Å². The zero-order chi connectivity index (χ0) is 16.1. The third-order valence-electron chi connectivity index (χ3n) is 4.17. The molecule has 2 aromatic heterocycles. The molecule has 7 heteroatoms. The minimum Gasteiger partial charge on any atom is -0.456 e. The average Bonchev–Trinajstić information content (AvgIpc) is 3.29. The Hall–Kier alpha value is -2.15. The molecule has 0 spiro atoms. The first-order valence-corrected chi connectivity index (χ1v) is 8.23. The molecule has 0 atom stereocenters. The molecule has 7 nitrogen and oxygen atoms in total. The summed E-state index contributed by atoms with van der Waals surface area (Å²) >= 11 is 0. The summed E-state index contributed by atoms with van der Waals surface area (Å²) in [4.78, 5) is 14.6. The van der Waals surface area contributed by atoms with Crippen LogP contribution in [-0.4, -0.2) is 45.9 Å². The number of amides is 1. The van der Waals surface area contributed by atoms with Crippen LogP contribution in [-0.2, 0) is 19.4 Å². The van der Waals surface area contributed by atoms with Crippen LogP contribution in [0.2, 0.25) is 0 Å². The minimum atomic E-state index is -0.170. The zero-order valence-electron chi connectivity index (χ0n) is 13.5. The molecule has 3 rings (SSSR count). The number of nitrogens with zero attached hydrogens (tertiary/aromatic N) is 3. The van der Waals surface area contributed by atoms with Crippen molar-refractivity contribution in [3.63, 3.8) is 0 Å². The quantitative estimate of drug-likeness (QED) is 0.808. The van der Waals surface area contributed by atoms with Crippen LogP contribution in [0.5, 0.6) is 0 Å². The van der Waals surface area contributed by atoms with Gasteiger partial charge in [0.15, 0.2) is 5.76 Å². The lowest BCUT2D eigenvalue weighted by molar-refractivity contribution is 0.0924. The second-order valence-electron chi connectivity index (χ2n) is 5.86. The summed E-state index contributed by atoms with van der Waals surface area (Å²) in [6.07, 6.45) is 5.62. The number of aromatic amines is 1. The number of carbonyl (C=O) groups is 1. The number of rotatable bonds is 7. The molecule has 23 heavy (non-hydrogen) atoms. The predicted molar refractivity (Wildman–Crippen MR) is 85.0 cm³/mol. The number of furan rings is 1. The Morgan fingerprint density at radius 3 is 2.96 bits per heavy atom. The summed E-state index contributed by atoms with van der Waals surface area (Å²) in [7, 11) is 0. The standard InChI is InChI=1S/C16H23N5O2/c1-2-14-12(11-21-7-3-4-8-21)9-15(23-14)16(22)17-6-5-13-10-18-20-19-13/h9-10H,2-8,11H2,1H3,(H,17,22)(H,18,19,20). The predicted octanol–water partition coefficient (Wildman–Crippen LogP) is 1.53. The molecule has 0 aliphatic carbocycles. The van der Waals surface area contributed by atoms with Crippen molar-refractivity contribution in [2.45, 2.75) is 39.2 Å². The van der Waals surface area contributed by atoms with E-state index in [9.17, 15) is 4.79 Å². The number of H-pyrrole nitrogens is 1. The van der Waals surface area contributed by atoms with Crippen molar-refractivity contribution < 1.29 is 9.21 Å². The number of nitrogens with one attached hydrogen (secondary N) is 2. The van der Waals surface area contributed by atoms with Crippen molar-refractivity contribution in [2.24, 2.45) is 0 Å². The van der Waals surface area contributed by atoms with Gasteiger partial charge in [0.25, 0.3) is 5.91 Å². The molecule has 1 aliphatic heterocycles. The van der Waals surface area contributed by atoms with Gasteiger partial charge < -0.3 is 9.73 Å². The SMILES string of the molecule is CCc1oc(C(=O)NCCc2cn[nH]n2)cc1CN1CCCC1. The normalized spacial score (nSPS) is 15.2. The van der Waals surface area contributed by atoms with Gasteiger partial charge in [-0.3, -0.25) is 9.69 Å². The van der Waals surface area contributed by atoms with E-state index in [-0.39, 0.29) is 5.91 Å². The van der Waals surface area contributed by atoms with Gasteiger partial charge in [-0.15, -0.1) is 0 Å². The van der Waals surface area contributed by atoms with Gasteiger partial charge in [-0.25, -0.2) is 0 Å². The number of likely N-dealkylation sites (tertiary alicyclic amines) is 1. The molecule has 0 aromatic carbocycles. The highest BCUT2D eigenvalue weighted by atomic mass is 16.4. The number of hydrogen-bond donors (Lipinski definition) is 2. The first kappa shape index (κ1) is 15.7. The number of carbonyl (C=O) groups excluding carboxylic acids is 1. The summed E-state index contributed by atoms with van der Waals surface area (Å²) < 4.78 is 5.75. The molecule has 1 saturated heterocycles. The van der Waals surface area contributed by atoms with E-state index in [0.717, 1.165) is 43.1 Å². The highest BCUT2D eigenvalue weighted by Crippen LogP contribution is 2.20. The molecular weight excluding hydrogens is 294 g/mol. The fourth-order valence-corrected chi connectivity index (χ4v) is 2.93. The fraction of sp³-hybridized carbons (Fsp3) is 0.562. The van der Waals surface area contributed by atoms with Crippen LogP contribution in [0.4, 0.5) is 0 Å². The van der Waals surface area contributed by atoms with Gasteiger partial charge in [0, 0.05) is 31.5 Å². The smallest absolute Gasteiger partial charge is 0.287 e. The maximum absolute atomic E-state index is 12.2. The summed E-state index contributed by atoms with van der Waals surface area (Å²) in [5, 5.41) is 13.1. The Kier molecular flexibility index (Phi) is 5.07. The van der Waals surface area contributed by atoms with Crippen molar-refractivity contribution in [1.29, 1.82) is 0 Å². The molecule has 0 saturated carbocycles. The van der Waals surface area contributed by atoms with E-state index in [1.54, 1.807) is 6.20 Å². The second-order valence-corrected chi connectivity index (χ2v) is 5.86. The van der Waals surface area contributed by atoms with Crippen LogP contribution in [0, 0.1) is 0 Å². The van der Waals surface area contributed by atoms with Gasteiger partial charge in [-0.1, -0.05) is 6.92 Å². The maximum atomic E-state index is 12.2. The first-order chi connectivity index (χ1) is 11.3. The molecule has 1 amide bonds. The molecule has 0 radical (unpaired) electrons. The molecule has 0 bridgehead atoms. The summed E-state index contributed by atoms with van der Waals surface area (Å²) in [5.41, 5.74) is 1.96. The van der Waals surface area contributed by atoms with Crippen molar-refractivity contribution in [2.75, 3.05) is 19.6 Å². The Morgan fingerprint density at radius 2 is 2.26 bits per heavy atom. The maximum Gasteiger partial charge on any atom is 0.287 e. The van der Waals surface area contributed by atoms with Crippen LogP contribution < -0.4 is 5.32 Å². The van der Waals surface area contributed by atoms with E-state index in [0.29, 0.717) is 18.7 Å². The highest BCUT2D eigenvalue weighted by molar-refractivity contribution is 5.91. The van der Waals surface area contributed by atoms with E-state index in [4.69, 9.17) is 4.42 Å². The van der Waals surface area contributed by atoms with Crippen LogP contribution in [0.1, 0.15) is 47.3 Å². The molecule has 1 aliphatic rings. The van der Waals surface area contributed by atoms with Crippen molar-refractivity contribution in [3.8, 4) is 0 Å². The van der Waals surface area contributed by atoms with Crippen LogP contribution in [0.3, 0.4) is 0 Å². The van der Waals surface area contributed by atoms with Crippen LogP contribution in [0.15, 0.2) is 16.7 Å². The third kappa shape index (κ3) is 3.98. The Bertz CT molecular complexity index is 629. The van der Waals surface area contributed by atoms with Gasteiger partial charge in [0.05, 0.1) is 11.9 Å². The van der Waals surface area contributed by atoms with Crippen molar-refractivity contribution in [1.82, 2.24) is 25.6 Å². The highest BCUT2D eigenvalue weighted by Gasteiger charge is 2.19. The lowest BCUT2D eigenvalue weighted by atomic mass is 10.2. The number of aromatic nitrogens is 3. The zero-order valence-corrected chi connectivity index (χ0v) is 13.5. The molecular formula is C16H23N5O2. The van der Waals surface area contributed by atoms with Crippen LogP contribution >= 0.6 is 0 Å². The summed E-state index contributed by atoms with van der Waals surface area (Å²) in [6.45, 7) is 5.70. The Labute approximate surface area is 135 Å². The third-order valence-corrected chi connectivity index (χ3v) is 4.17. The largest absolute Gasteiger partial charge is 0.456 e. The molecule has 2 aromatic rings. The van der Waals surface area contributed by atoms with E-state index >= 15 is 0 Å². The Balaban J connectivity index is 1.57. The second kappa shape index (κ2) is 7.41. The topological polar surface area (TPSA) is 87.0 Å². The molecule has 2 N–H and O–H groups in total. The lowest BCUT2D eigenvalue weighted by Crippen LogP contribution is -2.25. The monoisotopic (exact) mass is 317 g/mol. The lowest BCUT2D eigenvalue weighted by Gasteiger charge is -2.13. The van der Waals surface area contributed by atoms with E-state index in [1.165, 1.54) is 12.8 Å². The number of hydrogen-bond acceptors (Lipinski definition) is 5. The fourth-order valence-electron chi connectivity index (χ4n) is 2.93. The minimum absolute atomic E-state index is 0.170. The van der Waals surface area contributed by atoms with Crippen molar-refractivity contribution >= 4 is 5.91 Å². The number of aryl methyl sites for hydroxylation is 1. The van der Waals surface area contributed by atoms with E-state index in [1.807, 2.05) is 6.07 Å². The summed E-state index contributed by atoms with van der Waals surface area (Å²) in [6, 6.07) is 1.89. The molecule has 124 valence electrons.